The Morgan fingerprint density at radius 2 is 1.86 bits per heavy atom. The van der Waals surface area contributed by atoms with E-state index in [9.17, 15) is 0 Å². The maximum Gasteiger partial charge on any atom is -0.00773 e. The Balaban J connectivity index is 0. The van der Waals surface area contributed by atoms with Crippen LogP contribution in [0, 0.1) is 0 Å². The van der Waals surface area contributed by atoms with Crippen LogP contribution in [-0.4, -0.2) is 6.54 Å². The van der Waals surface area contributed by atoms with Crippen molar-refractivity contribution in [2.24, 2.45) is 5.73 Å². The standard InChI is InChI=1S/C5H13N.BrH/c1-2-3-4-5-6;/h2-6H2,1H3;1H. The summed E-state index contributed by atoms with van der Waals surface area (Å²) in [5.41, 5.74) is 5.21. The van der Waals surface area contributed by atoms with Gasteiger partial charge in [0.05, 0.1) is 0 Å². The lowest BCUT2D eigenvalue weighted by molar-refractivity contribution is 0.727. The Hall–Kier alpha value is 0.440. The molecule has 0 aromatic rings. The van der Waals surface area contributed by atoms with E-state index in [1.54, 1.807) is 0 Å². The third kappa shape index (κ3) is 10.7. The molecule has 46 valence electrons. The fourth-order valence-corrected chi connectivity index (χ4v) is 0.394. The van der Waals surface area contributed by atoms with Crippen LogP contribution in [0.25, 0.3) is 0 Å². The fourth-order valence-electron chi connectivity index (χ4n) is 0.394. The van der Waals surface area contributed by atoms with Gasteiger partial charge < -0.3 is 5.73 Å². The summed E-state index contributed by atoms with van der Waals surface area (Å²) >= 11 is 0. The van der Waals surface area contributed by atoms with Crippen LogP contribution in [0.15, 0.2) is 0 Å². The van der Waals surface area contributed by atoms with Crippen molar-refractivity contribution in [1.29, 1.82) is 0 Å². The van der Waals surface area contributed by atoms with Crippen molar-refractivity contribution >= 4 is 17.0 Å². The molecule has 2 N–H and O–H groups in total. The fraction of sp³-hybridized carbons (Fsp3) is 1.00. The normalized spacial score (nSPS) is 7.71. The molecule has 0 spiro atoms. The van der Waals surface area contributed by atoms with Crippen molar-refractivity contribution in [3.05, 3.63) is 0 Å². The molecule has 0 aromatic carbocycles. The third-order valence-electron chi connectivity index (χ3n) is 0.808. The number of hydrogen-bond donors (Lipinski definition) is 1. The van der Waals surface area contributed by atoms with Gasteiger partial charge in [-0.3, -0.25) is 0 Å². The van der Waals surface area contributed by atoms with E-state index in [2.05, 4.69) is 6.92 Å². The Kier molecular flexibility index (Phi) is 14.4. The Morgan fingerprint density at radius 1 is 1.29 bits per heavy atom. The minimum absolute atomic E-state index is 0. The van der Waals surface area contributed by atoms with Crippen molar-refractivity contribution in [3.63, 3.8) is 0 Å². The topological polar surface area (TPSA) is 26.0 Å². The number of rotatable bonds is 3. The second kappa shape index (κ2) is 9.67. The van der Waals surface area contributed by atoms with Crippen molar-refractivity contribution in [1.82, 2.24) is 0 Å². The van der Waals surface area contributed by atoms with Gasteiger partial charge in [-0.25, -0.2) is 0 Å². The van der Waals surface area contributed by atoms with Crippen molar-refractivity contribution in [2.75, 3.05) is 6.54 Å². The van der Waals surface area contributed by atoms with Gasteiger partial charge in [-0.2, -0.15) is 0 Å². The summed E-state index contributed by atoms with van der Waals surface area (Å²) < 4.78 is 0. The minimum Gasteiger partial charge on any atom is -0.330 e. The van der Waals surface area contributed by atoms with Crippen molar-refractivity contribution < 1.29 is 0 Å². The van der Waals surface area contributed by atoms with Crippen LogP contribution in [0.5, 0.6) is 0 Å². The van der Waals surface area contributed by atoms with E-state index >= 15 is 0 Å². The zero-order valence-electron chi connectivity index (χ0n) is 4.81. The highest BCUT2D eigenvalue weighted by molar-refractivity contribution is 8.93. The van der Waals surface area contributed by atoms with Gasteiger partial charge in [0.2, 0.25) is 0 Å². The molecule has 7 heavy (non-hydrogen) atoms. The molecule has 0 atom stereocenters. The molecule has 1 nitrogen and oxygen atoms in total. The summed E-state index contributed by atoms with van der Waals surface area (Å²) in [4.78, 5) is 0. The number of halogens is 1. The van der Waals surface area contributed by atoms with Gasteiger partial charge in [-0.05, 0) is 13.0 Å². The largest absolute Gasteiger partial charge is 0.330 e. The first kappa shape index (κ1) is 10.4. The maximum atomic E-state index is 5.21. The second-order valence-electron chi connectivity index (χ2n) is 1.50. The highest BCUT2D eigenvalue weighted by atomic mass is 79.9. The summed E-state index contributed by atoms with van der Waals surface area (Å²) in [6.45, 7) is 3.03. The molecular weight excluding hydrogens is 154 g/mol. The average molecular weight is 168 g/mol. The van der Waals surface area contributed by atoms with Gasteiger partial charge in [0, 0.05) is 0 Å². The first-order valence-electron chi connectivity index (χ1n) is 2.62. The molecule has 0 saturated carbocycles. The molecule has 0 radical (unpaired) electrons. The number of unbranched alkanes of at least 4 members (excludes halogenated alkanes) is 2. The average Bonchev–Trinajstić information content (AvgIpc) is 1.61. The molecule has 0 aliphatic rings. The molecule has 0 rings (SSSR count). The van der Waals surface area contributed by atoms with Crippen LogP contribution in [0.4, 0.5) is 0 Å². The van der Waals surface area contributed by atoms with Crippen LogP contribution < -0.4 is 5.73 Å². The number of hydrogen-bond acceptors (Lipinski definition) is 1. The van der Waals surface area contributed by atoms with E-state index in [0.717, 1.165) is 6.54 Å². The lowest BCUT2D eigenvalue weighted by Crippen LogP contribution is -1.96. The summed E-state index contributed by atoms with van der Waals surface area (Å²) in [5.74, 6) is 0. The van der Waals surface area contributed by atoms with Gasteiger partial charge in [-0.1, -0.05) is 19.8 Å². The molecule has 0 aromatic heterocycles. The maximum absolute atomic E-state index is 5.21. The first-order chi connectivity index (χ1) is 2.91. The SMILES string of the molecule is Br.CCCCCN. The van der Waals surface area contributed by atoms with Gasteiger partial charge in [0.1, 0.15) is 0 Å². The Bertz CT molecular complexity index is 20.0. The van der Waals surface area contributed by atoms with Crippen LogP contribution >= 0.6 is 17.0 Å². The van der Waals surface area contributed by atoms with Crippen LogP contribution in [0.1, 0.15) is 26.2 Å². The predicted octanol–water partition coefficient (Wildman–Crippen LogP) is 1.71. The van der Waals surface area contributed by atoms with Crippen LogP contribution in [-0.2, 0) is 0 Å². The van der Waals surface area contributed by atoms with Crippen molar-refractivity contribution in [2.45, 2.75) is 26.2 Å². The predicted molar refractivity (Wildman–Crippen MR) is 38.9 cm³/mol. The summed E-state index contributed by atoms with van der Waals surface area (Å²) in [6, 6.07) is 0. The molecule has 0 heterocycles. The monoisotopic (exact) mass is 167 g/mol. The first-order valence-corrected chi connectivity index (χ1v) is 2.62. The molecule has 0 bridgehead atoms. The molecule has 0 fully saturated rings. The molecule has 0 aliphatic carbocycles. The lowest BCUT2D eigenvalue weighted by Gasteiger charge is -1.86. The third-order valence-corrected chi connectivity index (χ3v) is 0.808. The van der Waals surface area contributed by atoms with Crippen molar-refractivity contribution in [3.8, 4) is 0 Å². The Labute approximate surface area is 56.1 Å². The van der Waals surface area contributed by atoms with Crippen LogP contribution in [0.2, 0.25) is 0 Å². The van der Waals surface area contributed by atoms with Crippen LogP contribution in [0.3, 0.4) is 0 Å². The lowest BCUT2D eigenvalue weighted by atomic mass is 10.3. The second-order valence-corrected chi connectivity index (χ2v) is 1.50. The zero-order valence-corrected chi connectivity index (χ0v) is 6.53. The van der Waals surface area contributed by atoms with Gasteiger partial charge in [0.25, 0.3) is 0 Å². The molecule has 0 amide bonds. The number of nitrogens with two attached hydrogens (primary N) is 1. The zero-order chi connectivity index (χ0) is 4.83. The summed E-state index contributed by atoms with van der Waals surface area (Å²) in [7, 11) is 0. The van der Waals surface area contributed by atoms with E-state index < -0.39 is 0 Å². The van der Waals surface area contributed by atoms with Gasteiger partial charge in [-0.15, -0.1) is 17.0 Å². The minimum atomic E-state index is 0. The molecular formula is C5H14BrN. The molecule has 0 saturated heterocycles. The van der Waals surface area contributed by atoms with E-state index in [0.29, 0.717) is 0 Å². The smallest absolute Gasteiger partial charge is 0.00773 e. The van der Waals surface area contributed by atoms with E-state index in [1.807, 2.05) is 0 Å². The molecule has 0 aliphatic heterocycles. The molecule has 2 heteroatoms. The van der Waals surface area contributed by atoms with E-state index in [1.165, 1.54) is 19.3 Å². The van der Waals surface area contributed by atoms with Gasteiger partial charge >= 0.3 is 0 Å². The molecule has 0 unspecified atom stereocenters. The summed E-state index contributed by atoms with van der Waals surface area (Å²) in [6.07, 6.45) is 3.75. The van der Waals surface area contributed by atoms with Gasteiger partial charge in [0.15, 0.2) is 0 Å². The summed E-state index contributed by atoms with van der Waals surface area (Å²) in [5, 5.41) is 0. The quantitative estimate of drug-likeness (QED) is 0.638. The highest BCUT2D eigenvalue weighted by Gasteiger charge is 1.75. The van der Waals surface area contributed by atoms with E-state index in [4.69, 9.17) is 5.73 Å². The highest BCUT2D eigenvalue weighted by Crippen LogP contribution is 1.88. The van der Waals surface area contributed by atoms with E-state index in [-0.39, 0.29) is 17.0 Å². The Morgan fingerprint density at radius 3 is 2.00 bits per heavy atom.